The first-order valence-corrected chi connectivity index (χ1v) is 8.60. The second-order valence-electron chi connectivity index (χ2n) is 5.06. The molecule has 0 bridgehead atoms. The minimum Gasteiger partial charge on any atom is -0.482 e. The zero-order chi connectivity index (χ0) is 18.7. The van der Waals surface area contributed by atoms with E-state index in [-0.39, 0.29) is 16.4 Å². The quantitative estimate of drug-likeness (QED) is 0.603. The first-order valence-electron chi connectivity index (χ1n) is 7.16. The van der Waals surface area contributed by atoms with Gasteiger partial charge in [0.2, 0.25) is 5.82 Å². The number of ether oxygens (including phenoxy) is 1. The summed E-state index contributed by atoms with van der Waals surface area (Å²) in [6, 6.07) is 12.0. The number of carbonyl (C=O) groups is 1. The Morgan fingerprint density at radius 1 is 1.15 bits per heavy atom. The maximum absolute atomic E-state index is 11.5. The summed E-state index contributed by atoms with van der Waals surface area (Å²) in [5, 5.41) is 20.4. The largest absolute Gasteiger partial charge is 0.482 e. The Bertz CT molecular complexity index is 1060. The molecule has 0 saturated carbocycles. The van der Waals surface area contributed by atoms with E-state index in [9.17, 15) is 17.8 Å². The lowest BCUT2D eigenvalue weighted by molar-refractivity contribution is -0.139. The van der Waals surface area contributed by atoms with Crippen molar-refractivity contribution in [1.82, 2.24) is 20.2 Å². The van der Waals surface area contributed by atoms with E-state index >= 15 is 0 Å². The molecule has 0 aliphatic carbocycles. The number of hydrogen-bond donors (Lipinski definition) is 2. The van der Waals surface area contributed by atoms with E-state index in [1.54, 1.807) is 24.3 Å². The highest BCUT2D eigenvalue weighted by molar-refractivity contribution is 7.86. The summed E-state index contributed by atoms with van der Waals surface area (Å²) in [5.41, 5.74) is 0.524. The van der Waals surface area contributed by atoms with Crippen LogP contribution < -0.4 is 4.74 Å². The number of hydrogen-bond acceptors (Lipinski definition) is 7. The molecular weight excluding hydrogens is 364 g/mol. The highest BCUT2D eigenvalue weighted by atomic mass is 32.2. The average molecular weight is 376 g/mol. The van der Waals surface area contributed by atoms with Crippen LogP contribution in [0.4, 0.5) is 0 Å². The molecule has 134 valence electrons. The zero-order valence-electron chi connectivity index (χ0n) is 13.1. The molecule has 0 aliphatic heterocycles. The molecule has 3 rings (SSSR count). The fourth-order valence-corrected chi connectivity index (χ4v) is 2.81. The van der Waals surface area contributed by atoms with E-state index in [1.807, 2.05) is 0 Å². The third kappa shape index (κ3) is 3.84. The number of benzene rings is 2. The average Bonchev–Trinajstić information content (AvgIpc) is 3.09. The Labute approximate surface area is 147 Å². The van der Waals surface area contributed by atoms with Crippen molar-refractivity contribution in [3.63, 3.8) is 0 Å². The van der Waals surface area contributed by atoms with Crippen LogP contribution in [0.1, 0.15) is 0 Å². The maximum Gasteiger partial charge on any atom is 0.341 e. The normalized spacial score (nSPS) is 11.3. The number of carboxylic acids is 1. The van der Waals surface area contributed by atoms with Gasteiger partial charge in [0.1, 0.15) is 16.3 Å². The van der Waals surface area contributed by atoms with Gasteiger partial charge in [-0.15, -0.1) is 15.0 Å². The summed E-state index contributed by atoms with van der Waals surface area (Å²) < 4.78 is 37.4. The monoisotopic (exact) mass is 376 g/mol. The van der Waals surface area contributed by atoms with Gasteiger partial charge in [-0.2, -0.15) is 8.42 Å². The predicted molar refractivity (Wildman–Crippen MR) is 87.5 cm³/mol. The first-order chi connectivity index (χ1) is 12.3. The molecule has 0 aliphatic rings. The minimum absolute atomic E-state index is 0.0343. The molecule has 26 heavy (non-hydrogen) atoms. The third-order valence-corrected chi connectivity index (χ3v) is 4.13. The first kappa shape index (κ1) is 17.5. The molecule has 1 heterocycles. The SMILES string of the molecule is O=C(O)COc1cccc(-c2nnn(-c3ccccc3S(=O)(=O)O)n2)c1. The van der Waals surface area contributed by atoms with Crippen LogP contribution >= 0.6 is 0 Å². The lowest BCUT2D eigenvalue weighted by Gasteiger charge is -2.04. The zero-order valence-corrected chi connectivity index (χ0v) is 13.9. The highest BCUT2D eigenvalue weighted by Gasteiger charge is 2.18. The maximum atomic E-state index is 11.5. The van der Waals surface area contributed by atoms with Crippen LogP contribution in [-0.2, 0) is 14.9 Å². The van der Waals surface area contributed by atoms with Gasteiger partial charge in [0.05, 0.1) is 0 Å². The second-order valence-corrected chi connectivity index (χ2v) is 6.45. The molecule has 2 aromatic carbocycles. The highest BCUT2D eigenvalue weighted by Crippen LogP contribution is 2.22. The molecule has 0 amide bonds. The third-order valence-electron chi connectivity index (χ3n) is 3.23. The molecule has 0 spiro atoms. The summed E-state index contributed by atoms with van der Waals surface area (Å²) in [5.74, 6) is -0.642. The van der Waals surface area contributed by atoms with E-state index in [1.165, 1.54) is 24.3 Å². The van der Waals surface area contributed by atoms with Gasteiger partial charge in [0, 0.05) is 5.56 Å². The van der Waals surface area contributed by atoms with Crippen molar-refractivity contribution in [3.05, 3.63) is 48.5 Å². The Morgan fingerprint density at radius 2 is 1.92 bits per heavy atom. The Kier molecular flexibility index (Phi) is 4.65. The minimum atomic E-state index is -4.46. The number of nitrogens with zero attached hydrogens (tertiary/aromatic N) is 4. The number of rotatable bonds is 6. The van der Waals surface area contributed by atoms with Crippen LogP contribution in [0.25, 0.3) is 17.1 Å². The Hall–Kier alpha value is -3.31. The van der Waals surface area contributed by atoms with Crippen LogP contribution in [0, 0.1) is 0 Å². The van der Waals surface area contributed by atoms with Crippen molar-refractivity contribution in [2.45, 2.75) is 4.90 Å². The van der Waals surface area contributed by atoms with Gasteiger partial charge in [-0.25, -0.2) is 4.79 Å². The van der Waals surface area contributed by atoms with Gasteiger partial charge >= 0.3 is 5.97 Å². The fourth-order valence-electron chi connectivity index (χ4n) is 2.14. The molecule has 10 nitrogen and oxygen atoms in total. The topological polar surface area (TPSA) is 144 Å². The molecule has 2 N–H and O–H groups in total. The summed E-state index contributed by atoms with van der Waals surface area (Å²) in [7, 11) is -4.46. The second kappa shape index (κ2) is 6.90. The number of aliphatic carboxylic acids is 1. The summed E-state index contributed by atoms with van der Waals surface area (Å²) in [4.78, 5) is 11.2. The van der Waals surface area contributed by atoms with E-state index in [2.05, 4.69) is 15.4 Å². The van der Waals surface area contributed by atoms with Gasteiger partial charge in [-0.05, 0) is 29.5 Å². The van der Waals surface area contributed by atoms with Gasteiger partial charge in [0.25, 0.3) is 10.1 Å². The van der Waals surface area contributed by atoms with E-state index < -0.39 is 22.7 Å². The van der Waals surface area contributed by atoms with Crippen molar-refractivity contribution in [1.29, 1.82) is 0 Å². The van der Waals surface area contributed by atoms with E-state index in [4.69, 9.17) is 9.84 Å². The van der Waals surface area contributed by atoms with E-state index in [0.29, 0.717) is 11.3 Å². The molecule has 3 aromatic rings. The molecule has 0 saturated heterocycles. The molecule has 0 atom stereocenters. The number of aromatic nitrogens is 4. The van der Waals surface area contributed by atoms with Crippen LogP contribution in [0.15, 0.2) is 53.4 Å². The summed E-state index contributed by atoms with van der Waals surface area (Å²) >= 11 is 0. The van der Waals surface area contributed by atoms with Crippen molar-refractivity contribution in [2.75, 3.05) is 6.61 Å². The molecule has 0 unspecified atom stereocenters. The summed E-state index contributed by atoms with van der Waals surface area (Å²) in [6.07, 6.45) is 0. The van der Waals surface area contributed by atoms with Gasteiger partial charge in [-0.1, -0.05) is 24.3 Å². The lowest BCUT2D eigenvalue weighted by Crippen LogP contribution is -2.09. The van der Waals surface area contributed by atoms with Crippen LogP contribution in [0.2, 0.25) is 0 Å². The lowest BCUT2D eigenvalue weighted by atomic mass is 10.2. The fraction of sp³-hybridized carbons (Fsp3) is 0.0667. The van der Waals surface area contributed by atoms with Gasteiger partial charge < -0.3 is 9.84 Å². The van der Waals surface area contributed by atoms with Crippen molar-refractivity contribution < 1.29 is 27.6 Å². The molecule has 1 aromatic heterocycles. The Morgan fingerprint density at radius 3 is 2.65 bits per heavy atom. The molecular formula is C15H12N4O6S. The van der Waals surface area contributed by atoms with Gasteiger partial charge in [-0.3, -0.25) is 4.55 Å². The van der Waals surface area contributed by atoms with Crippen molar-refractivity contribution in [2.24, 2.45) is 0 Å². The van der Waals surface area contributed by atoms with Crippen LogP contribution in [0.3, 0.4) is 0 Å². The molecule has 0 fully saturated rings. The predicted octanol–water partition coefficient (Wildman–Crippen LogP) is 1.04. The van der Waals surface area contributed by atoms with Crippen molar-refractivity contribution in [3.8, 4) is 22.8 Å². The molecule has 11 heteroatoms. The smallest absolute Gasteiger partial charge is 0.341 e. The van der Waals surface area contributed by atoms with Gasteiger partial charge in [0.15, 0.2) is 6.61 Å². The van der Waals surface area contributed by atoms with Crippen LogP contribution in [0.5, 0.6) is 5.75 Å². The van der Waals surface area contributed by atoms with E-state index in [0.717, 1.165) is 4.80 Å². The Balaban J connectivity index is 1.95. The number of carboxylic acid groups (broad SMARTS) is 1. The number of tetrazole rings is 1. The molecule has 0 radical (unpaired) electrons. The van der Waals surface area contributed by atoms with Crippen molar-refractivity contribution >= 4 is 16.1 Å². The number of para-hydroxylation sites is 1. The standard InChI is InChI=1S/C15H12N4O6S/c20-14(21)9-25-11-5-3-4-10(8-11)15-16-18-19(17-15)12-6-1-2-7-13(12)26(22,23)24/h1-8H,9H2,(H,20,21)(H,22,23,24). The van der Waals surface area contributed by atoms with Crippen LogP contribution in [-0.4, -0.2) is 50.9 Å². The summed E-state index contributed by atoms with van der Waals surface area (Å²) in [6.45, 7) is -0.495.